The molecule has 0 aromatic carbocycles. The molecule has 2 N–H and O–H groups in total. The number of nitrogens with zero attached hydrogens (tertiary/aromatic N) is 2. The van der Waals surface area contributed by atoms with Crippen LogP contribution >= 0.6 is 11.5 Å². The fourth-order valence-electron chi connectivity index (χ4n) is 1.80. The molecule has 0 bridgehead atoms. The van der Waals surface area contributed by atoms with E-state index in [2.05, 4.69) is 14.9 Å². The second-order valence-corrected chi connectivity index (χ2v) is 4.46. The van der Waals surface area contributed by atoms with Crippen molar-refractivity contribution in [1.82, 2.24) is 14.9 Å². The van der Waals surface area contributed by atoms with Crippen molar-refractivity contribution in [3.63, 3.8) is 0 Å². The van der Waals surface area contributed by atoms with Gasteiger partial charge in [-0.05, 0) is 24.4 Å². The molecule has 16 heavy (non-hydrogen) atoms. The van der Waals surface area contributed by atoms with Crippen molar-refractivity contribution in [3.8, 4) is 0 Å². The molecule has 6 nitrogen and oxygen atoms in total. The van der Waals surface area contributed by atoms with Crippen molar-refractivity contribution < 1.29 is 14.7 Å². The number of carboxylic acids is 1. The van der Waals surface area contributed by atoms with Crippen LogP contribution in [0.15, 0.2) is 0 Å². The lowest BCUT2D eigenvalue weighted by molar-refractivity contribution is 0.0684. The number of carbonyl (C=O) groups excluding carboxylic acids is 1. The minimum absolute atomic E-state index is 0.0828. The Morgan fingerprint density at radius 2 is 2.06 bits per heavy atom. The van der Waals surface area contributed by atoms with Crippen molar-refractivity contribution in [2.45, 2.75) is 31.7 Å². The van der Waals surface area contributed by atoms with Gasteiger partial charge in [0.05, 0.1) is 0 Å². The highest BCUT2D eigenvalue weighted by Crippen LogP contribution is 2.19. The molecule has 0 radical (unpaired) electrons. The fourth-order valence-corrected chi connectivity index (χ4v) is 2.36. The van der Waals surface area contributed by atoms with E-state index in [1.807, 2.05) is 0 Å². The number of carbonyl (C=O) groups is 2. The minimum atomic E-state index is -1.22. The van der Waals surface area contributed by atoms with Gasteiger partial charge in [0.25, 0.3) is 5.91 Å². The van der Waals surface area contributed by atoms with E-state index in [9.17, 15) is 9.59 Å². The monoisotopic (exact) mass is 241 g/mol. The Balaban J connectivity index is 2.08. The summed E-state index contributed by atoms with van der Waals surface area (Å²) in [5.41, 5.74) is -0.263. The quantitative estimate of drug-likeness (QED) is 0.820. The molecule has 0 atom stereocenters. The molecule has 1 aliphatic rings. The summed E-state index contributed by atoms with van der Waals surface area (Å²) in [6, 6.07) is 0.163. The first-order chi connectivity index (χ1) is 7.68. The van der Waals surface area contributed by atoms with E-state index in [0.29, 0.717) is 0 Å². The zero-order chi connectivity index (χ0) is 11.5. The first kappa shape index (κ1) is 11.0. The first-order valence-electron chi connectivity index (χ1n) is 5.05. The average Bonchev–Trinajstić information content (AvgIpc) is 2.86. The molecule has 1 aromatic rings. The highest BCUT2D eigenvalue weighted by Gasteiger charge is 2.24. The number of aromatic carboxylic acids is 1. The molecular formula is C9H11N3O3S. The van der Waals surface area contributed by atoms with E-state index >= 15 is 0 Å². The van der Waals surface area contributed by atoms with Crippen LogP contribution in [0.5, 0.6) is 0 Å². The number of nitrogens with one attached hydrogen (secondary N) is 1. The molecule has 1 amide bonds. The Morgan fingerprint density at radius 1 is 1.38 bits per heavy atom. The standard InChI is InChI=1S/C9H11N3O3S/c13-8(10-5-3-1-2-4-5)7-6(9(14)15)11-12-16-7/h5H,1-4H2,(H,10,13)(H,14,15). The smallest absolute Gasteiger partial charge is 0.358 e. The van der Waals surface area contributed by atoms with Gasteiger partial charge in [0.15, 0.2) is 5.69 Å². The molecular weight excluding hydrogens is 230 g/mol. The molecule has 2 rings (SSSR count). The number of rotatable bonds is 3. The van der Waals surface area contributed by atoms with Crippen LogP contribution in [0.3, 0.4) is 0 Å². The van der Waals surface area contributed by atoms with Crippen LogP contribution in [-0.4, -0.2) is 32.6 Å². The topological polar surface area (TPSA) is 92.2 Å². The van der Waals surface area contributed by atoms with Gasteiger partial charge in [0.1, 0.15) is 4.88 Å². The van der Waals surface area contributed by atoms with Crippen LogP contribution in [-0.2, 0) is 0 Å². The third-order valence-electron chi connectivity index (χ3n) is 2.59. The molecule has 0 spiro atoms. The third kappa shape index (κ3) is 2.19. The second-order valence-electron chi connectivity index (χ2n) is 3.71. The van der Waals surface area contributed by atoms with E-state index in [0.717, 1.165) is 37.2 Å². The molecule has 1 aliphatic carbocycles. The van der Waals surface area contributed by atoms with Gasteiger partial charge in [-0.1, -0.05) is 17.3 Å². The van der Waals surface area contributed by atoms with E-state index in [-0.39, 0.29) is 22.5 Å². The summed E-state index contributed by atoms with van der Waals surface area (Å²) in [6.45, 7) is 0. The van der Waals surface area contributed by atoms with E-state index < -0.39 is 5.97 Å². The lowest BCUT2D eigenvalue weighted by Gasteiger charge is -2.10. The summed E-state index contributed by atoms with van der Waals surface area (Å²) < 4.78 is 3.49. The molecule has 0 unspecified atom stereocenters. The van der Waals surface area contributed by atoms with Crippen molar-refractivity contribution in [3.05, 3.63) is 10.6 Å². The van der Waals surface area contributed by atoms with Crippen molar-refractivity contribution in [2.24, 2.45) is 0 Å². The summed E-state index contributed by atoms with van der Waals surface area (Å²) in [4.78, 5) is 22.6. The van der Waals surface area contributed by atoms with Crippen molar-refractivity contribution >= 4 is 23.4 Å². The van der Waals surface area contributed by atoms with E-state index in [4.69, 9.17) is 5.11 Å². The normalized spacial score (nSPS) is 16.2. The molecule has 86 valence electrons. The maximum Gasteiger partial charge on any atom is 0.358 e. The van der Waals surface area contributed by atoms with Gasteiger partial charge in [-0.25, -0.2) is 4.79 Å². The Morgan fingerprint density at radius 3 is 2.69 bits per heavy atom. The van der Waals surface area contributed by atoms with Crippen LogP contribution < -0.4 is 5.32 Å². The average molecular weight is 241 g/mol. The summed E-state index contributed by atoms with van der Waals surface area (Å²) in [5.74, 6) is -1.59. The highest BCUT2D eigenvalue weighted by atomic mass is 32.1. The maximum absolute atomic E-state index is 11.7. The van der Waals surface area contributed by atoms with E-state index in [1.54, 1.807) is 0 Å². The van der Waals surface area contributed by atoms with Gasteiger partial charge in [0.2, 0.25) is 0 Å². The molecule has 1 fully saturated rings. The highest BCUT2D eigenvalue weighted by molar-refractivity contribution is 7.08. The number of carboxylic acid groups (broad SMARTS) is 1. The summed E-state index contributed by atoms with van der Waals surface area (Å²) in [5, 5.41) is 15.0. The number of aromatic nitrogens is 2. The molecule has 1 heterocycles. The van der Waals surface area contributed by atoms with Gasteiger partial charge in [-0.3, -0.25) is 4.79 Å². The molecule has 7 heteroatoms. The van der Waals surface area contributed by atoms with Gasteiger partial charge >= 0.3 is 5.97 Å². The first-order valence-corrected chi connectivity index (χ1v) is 5.82. The number of amides is 1. The maximum atomic E-state index is 11.7. The minimum Gasteiger partial charge on any atom is -0.476 e. The zero-order valence-electron chi connectivity index (χ0n) is 8.47. The fraction of sp³-hybridized carbons (Fsp3) is 0.556. The Kier molecular flexibility index (Phi) is 3.14. The number of hydrogen-bond acceptors (Lipinski definition) is 5. The van der Waals surface area contributed by atoms with Crippen LogP contribution in [0.4, 0.5) is 0 Å². The summed E-state index contributed by atoms with van der Waals surface area (Å²) in [7, 11) is 0. The molecule has 1 aromatic heterocycles. The van der Waals surface area contributed by atoms with Gasteiger partial charge in [0, 0.05) is 6.04 Å². The Hall–Kier alpha value is -1.50. The van der Waals surface area contributed by atoms with Crippen LogP contribution in [0.2, 0.25) is 0 Å². The Labute approximate surface area is 95.8 Å². The second kappa shape index (κ2) is 4.56. The third-order valence-corrected chi connectivity index (χ3v) is 3.31. The predicted octanol–water partition coefficient (Wildman–Crippen LogP) is 0.909. The largest absolute Gasteiger partial charge is 0.476 e. The van der Waals surface area contributed by atoms with Gasteiger partial charge in [-0.2, -0.15) is 0 Å². The lowest BCUT2D eigenvalue weighted by atomic mass is 10.2. The van der Waals surface area contributed by atoms with Crippen LogP contribution in [0, 0.1) is 0 Å². The van der Waals surface area contributed by atoms with E-state index in [1.165, 1.54) is 0 Å². The molecule has 0 aliphatic heterocycles. The van der Waals surface area contributed by atoms with Crippen molar-refractivity contribution in [1.29, 1.82) is 0 Å². The summed E-state index contributed by atoms with van der Waals surface area (Å²) >= 11 is 0.815. The number of hydrogen-bond donors (Lipinski definition) is 2. The lowest BCUT2D eigenvalue weighted by Crippen LogP contribution is -2.32. The summed E-state index contributed by atoms with van der Waals surface area (Å²) in [6.07, 6.45) is 4.14. The zero-order valence-corrected chi connectivity index (χ0v) is 9.29. The molecule has 0 saturated heterocycles. The van der Waals surface area contributed by atoms with Crippen molar-refractivity contribution in [2.75, 3.05) is 0 Å². The Bertz CT molecular complexity index is 412. The SMILES string of the molecule is O=C(O)c1nnsc1C(=O)NC1CCCC1. The van der Waals surface area contributed by atoms with Gasteiger partial charge in [-0.15, -0.1) is 5.10 Å². The van der Waals surface area contributed by atoms with Crippen LogP contribution in [0.1, 0.15) is 45.8 Å². The predicted molar refractivity (Wildman–Crippen MR) is 56.6 cm³/mol. The van der Waals surface area contributed by atoms with Gasteiger partial charge < -0.3 is 10.4 Å². The van der Waals surface area contributed by atoms with Crippen LogP contribution in [0.25, 0.3) is 0 Å². The molecule has 1 saturated carbocycles.